The highest BCUT2D eigenvalue weighted by molar-refractivity contribution is 8.00. The lowest BCUT2D eigenvalue weighted by molar-refractivity contribution is -0.155. The number of rotatable bonds is 12. The second-order valence-electron chi connectivity index (χ2n) is 13.7. The van der Waals surface area contributed by atoms with Crippen molar-refractivity contribution < 1.29 is 38.2 Å². The van der Waals surface area contributed by atoms with Gasteiger partial charge in [0.05, 0.1) is 13.0 Å². The van der Waals surface area contributed by atoms with Gasteiger partial charge in [0.25, 0.3) is 5.91 Å². The summed E-state index contributed by atoms with van der Waals surface area (Å²) >= 11 is 1.31. The van der Waals surface area contributed by atoms with Gasteiger partial charge in [0.15, 0.2) is 6.10 Å². The lowest BCUT2D eigenvalue weighted by Crippen LogP contribution is -2.71. The second kappa shape index (κ2) is 16.3. The summed E-state index contributed by atoms with van der Waals surface area (Å²) in [5.41, 5.74) is 1.48. The molecule has 1 fully saturated rings. The minimum atomic E-state index is -1.17. The molecule has 2 aliphatic heterocycles. The van der Waals surface area contributed by atoms with Crippen molar-refractivity contribution in [2.45, 2.75) is 70.2 Å². The van der Waals surface area contributed by atoms with Crippen LogP contribution in [0.15, 0.2) is 102 Å². The van der Waals surface area contributed by atoms with Crippen molar-refractivity contribution in [2.75, 3.05) is 12.4 Å². The minimum Gasteiger partial charge on any atom is -0.465 e. The number of carbonyl (C=O) groups excluding carboxylic acids is 5. The number of thioether (sulfide) groups is 1. The van der Waals surface area contributed by atoms with Crippen LogP contribution in [0.25, 0.3) is 0 Å². The highest BCUT2D eigenvalue weighted by Gasteiger charge is 2.55. The number of benzene rings is 3. The van der Waals surface area contributed by atoms with E-state index in [9.17, 15) is 24.0 Å². The first-order valence-corrected chi connectivity index (χ1v) is 17.8. The summed E-state index contributed by atoms with van der Waals surface area (Å²) in [6.07, 6.45) is -1.81. The van der Waals surface area contributed by atoms with Crippen LogP contribution in [0.1, 0.15) is 69.9 Å². The van der Waals surface area contributed by atoms with Crippen molar-refractivity contribution in [3.05, 3.63) is 119 Å². The number of β-lactam (4-membered cyclic amide) rings is 1. The van der Waals surface area contributed by atoms with E-state index >= 15 is 0 Å². The van der Waals surface area contributed by atoms with Gasteiger partial charge in [-0.1, -0.05) is 105 Å². The molecule has 12 heteroatoms. The fourth-order valence-electron chi connectivity index (χ4n) is 5.65. The average molecular weight is 714 g/mol. The molecule has 268 valence electrons. The molecule has 51 heavy (non-hydrogen) atoms. The van der Waals surface area contributed by atoms with Gasteiger partial charge in [-0.15, -0.1) is 11.8 Å². The Morgan fingerprint density at radius 1 is 0.863 bits per heavy atom. The summed E-state index contributed by atoms with van der Waals surface area (Å²) in [5, 5.41) is 4.73. The molecule has 3 aromatic carbocycles. The van der Waals surface area contributed by atoms with E-state index in [1.807, 2.05) is 74.5 Å². The number of nitrogens with zero attached hydrogens (tertiary/aromatic N) is 1. The number of fused-ring (bicyclic) bond motifs is 1. The summed E-state index contributed by atoms with van der Waals surface area (Å²) in [7, 11) is 0. The quantitative estimate of drug-likeness (QED) is 0.135. The Bertz CT molecular complexity index is 1720. The molecule has 2 N–H and O–H groups in total. The summed E-state index contributed by atoms with van der Waals surface area (Å²) in [6, 6.07) is 24.9. The van der Waals surface area contributed by atoms with Gasteiger partial charge >= 0.3 is 18.0 Å². The molecule has 0 bridgehead atoms. The Morgan fingerprint density at radius 2 is 1.41 bits per heavy atom. The summed E-state index contributed by atoms with van der Waals surface area (Å²) in [5.74, 6) is -2.17. The Kier molecular flexibility index (Phi) is 11.9. The zero-order valence-corrected chi connectivity index (χ0v) is 30.1. The summed E-state index contributed by atoms with van der Waals surface area (Å²) < 4.78 is 17.0. The molecule has 1 saturated heterocycles. The molecule has 2 aliphatic rings. The highest BCUT2D eigenvalue weighted by Crippen LogP contribution is 2.42. The zero-order valence-electron chi connectivity index (χ0n) is 29.3. The van der Waals surface area contributed by atoms with Crippen LogP contribution in [0, 0.1) is 5.92 Å². The molecule has 3 atom stereocenters. The molecule has 3 aromatic rings. The first-order valence-electron chi connectivity index (χ1n) is 16.8. The minimum absolute atomic E-state index is 0.0425. The van der Waals surface area contributed by atoms with E-state index in [0.717, 1.165) is 11.1 Å². The summed E-state index contributed by atoms with van der Waals surface area (Å²) in [6.45, 7) is 9.18. The lowest BCUT2D eigenvalue weighted by Gasteiger charge is -2.50. The maximum atomic E-state index is 14.2. The third-order valence-electron chi connectivity index (χ3n) is 7.96. The molecule has 0 aromatic heterocycles. The van der Waals surface area contributed by atoms with Gasteiger partial charge in [-0.25, -0.2) is 9.59 Å². The van der Waals surface area contributed by atoms with Gasteiger partial charge in [-0.2, -0.15) is 0 Å². The van der Waals surface area contributed by atoms with Gasteiger partial charge < -0.3 is 24.8 Å². The maximum Gasteiger partial charge on any atom is 0.408 e. The molecule has 0 saturated carbocycles. The fourth-order valence-corrected chi connectivity index (χ4v) is 6.99. The Labute approximate surface area is 302 Å². The molecule has 0 aliphatic carbocycles. The third kappa shape index (κ3) is 9.37. The predicted octanol–water partition coefficient (Wildman–Crippen LogP) is 5.83. The second-order valence-corrected chi connectivity index (χ2v) is 14.8. The van der Waals surface area contributed by atoms with E-state index in [2.05, 4.69) is 10.6 Å². The van der Waals surface area contributed by atoms with E-state index in [0.29, 0.717) is 11.1 Å². The van der Waals surface area contributed by atoms with Crippen molar-refractivity contribution in [1.82, 2.24) is 15.5 Å². The van der Waals surface area contributed by atoms with E-state index < -0.39 is 59.0 Å². The molecule has 0 spiro atoms. The molecule has 11 nitrogen and oxygen atoms in total. The van der Waals surface area contributed by atoms with Crippen molar-refractivity contribution in [3.8, 4) is 0 Å². The molecule has 0 radical (unpaired) electrons. The Morgan fingerprint density at radius 3 is 1.94 bits per heavy atom. The van der Waals surface area contributed by atoms with Gasteiger partial charge in [-0.05, 0) is 49.0 Å². The molecule has 2 heterocycles. The lowest BCUT2D eigenvalue weighted by atomic mass is 9.99. The Balaban J connectivity index is 1.41. The van der Waals surface area contributed by atoms with Crippen LogP contribution in [-0.2, 0) is 33.4 Å². The molecule has 1 unspecified atom stereocenters. The maximum absolute atomic E-state index is 14.2. The number of amides is 3. The number of hydrogen-bond acceptors (Lipinski definition) is 9. The fraction of sp³-hybridized carbons (Fsp3) is 0.359. The largest absolute Gasteiger partial charge is 0.465 e. The van der Waals surface area contributed by atoms with Crippen LogP contribution in [0.5, 0.6) is 0 Å². The van der Waals surface area contributed by atoms with Crippen LogP contribution < -0.4 is 10.6 Å². The van der Waals surface area contributed by atoms with Crippen LogP contribution >= 0.6 is 11.8 Å². The first-order chi connectivity index (χ1) is 24.3. The van der Waals surface area contributed by atoms with E-state index in [4.69, 9.17) is 14.2 Å². The normalized spacial score (nSPS) is 17.6. The number of carbonyl (C=O) groups is 5. The average Bonchev–Trinajstić information content (AvgIpc) is 3.11. The highest BCUT2D eigenvalue weighted by atomic mass is 32.2. The van der Waals surface area contributed by atoms with Crippen molar-refractivity contribution in [1.29, 1.82) is 0 Å². The van der Waals surface area contributed by atoms with Crippen LogP contribution in [-0.4, -0.2) is 64.1 Å². The third-order valence-corrected chi connectivity index (χ3v) is 9.30. The smallest absolute Gasteiger partial charge is 0.408 e. The predicted molar refractivity (Wildman–Crippen MR) is 192 cm³/mol. The Hall–Kier alpha value is -5.10. The van der Waals surface area contributed by atoms with Gasteiger partial charge in [0.1, 0.15) is 28.8 Å². The monoisotopic (exact) mass is 713 g/mol. The van der Waals surface area contributed by atoms with Crippen LogP contribution in [0.4, 0.5) is 4.79 Å². The van der Waals surface area contributed by atoms with Crippen molar-refractivity contribution in [3.63, 3.8) is 0 Å². The van der Waals surface area contributed by atoms with E-state index in [-0.39, 0.29) is 30.4 Å². The zero-order chi connectivity index (χ0) is 36.7. The van der Waals surface area contributed by atoms with Crippen LogP contribution in [0.2, 0.25) is 0 Å². The number of nitrogens with one attached hydrogen (secondary N) is 2. The first kappa shape index (κ1) is 37.2. The van der Waals surface area contributed by atoms with Gasteiger partial charge in [-0.3, -0.25) is 19.3 Å². The standard InChI is InChI=1S/C39H43N3O8S/c1-24(2)22-48-29(43)21-28-23-51-36-31(40-34(44)30(25-15-9-6-10-16-25)41-38(47)50-39(3,4)5)35(45)42(36)32(28)37(46)49-33(26-17-11-7-12-18-26)27-19-13-8-14-20-27/h6-20,24,30-31,33,36H,21-23H2,1-5H3,(H,40,44)(H,41,47)/t30?,31-,36+/m1/s1. The topological polar surface area (TPSA) is 140 Å². The molecular formula is C39H43N3O8S. The number of hydrogen-bond donors (Lipinski definition) is 2. The van der Waals surface area contributed by atoms with Crippen LogP contribution in [0.3, 0.4) is 0 Å². The summed E-state index contributed by atoms with van der Waals surface area (Å²) in [4.78, 5) is 68.8. The molecular weight excluding hydrogens is 671 g/mol. The molecule has 3 amide bonds. The number of esters is 2. The number of ether oxygens (including phenoxy) is 3. The van der Waals surface area contributed by atoms with Crippen molar-refractivity contribution >= 4 is 41.6 Å². The van der Waals surface area contributed by atoms with E-state index in [1.54, 1.807) is 51.1 Å². The van der Waals surface area contributed by atoms with E-state index in [1.165, 1.54) is 16.7 Å². The van der Waals surface area contributed by atoms with Gasteiger partial charge in [0.2, 0.25) is 5.91 Å². The molecule has 5 rings (SSSR count). The van der Waals surface area contributed by atoms with Gasteiger partial charge in [0, 0.05) is 5.75 Å². The van der Waals surface area contributed by atoms with Crippen molar-refractivity contribution in [2.24, 2.45) is 5.92 Å². The SMILES string of the molecule is CC(C)COC(=O)CC1=C(C(=O)OC(c2ccccc2)c2ccccc2)N2C(=O)[C@@H](NC(=O)C(NC(=O)OC(C)(C)C)c3ccccc3)[C@@H]2SC1. The number of alkyl carbamates (subject to hydrolysis) is 1.